The molecule has 16 heavy (non-hydrogen) atoms. The molecule has 0 aliphatic carbocycles. The van der Waals surface area contributed by atoms with Gasteiger partial charge in [0.05, 0.1) is 19.0 Å². The number of rotatable bonds is 3. The molecular formula is C8H15N5OS2. The summed E-state index contributed by atoms with van der Waals surface area (Å²) in [7, 11) is 5.11. The Balaban J connectivity index is 4.04. The Morgan fingerprint density at radius 1 is 1.31 bits per heavy atom. The van der Waals surface area contributed by atoms with Crippen molar-refractivity contribution in [2.75, 3.05) is 21.2 Å². The average Bonchev–Trinajstić information content (AvgIpc) is 2.25. The molecule has 0 aliphatic rings. The predicted octanol–water partition coefficient (Wildman–Crippen LogP) is 0.305. The number of ether oxygens (including phenoxy) is 1. The first-order valence-electron chi connectivity index (χ1n) is 4.36. The van der Waals surface area contributed by atoms with Gasteiger partial charge in [0.25, 0.3) is 5.17 Å². The number of methoxy groups -OCH3 is 1. The molecule has 8 heteroatoms. The third kappa shape index (κ3) is 7.07. The molecule has 0 aromatic heterocycles. The fourth-order valence-electron chi connectivity index (χ4n) is 0.489. The van der Waals surface area contributed by atoms with Crippen LogP contribution in [0, 0.1) is 0 Å². The van der Waals surface area contributed by atoms with Crippen LogP contribution in [-0.4, -0.2) is 48.3 Å². The van der Waals surface area contributed by atoms with Crippen LogP contribution in [0.3, 0.4) is 0 Å². The molecule has 0 aliphatic heterocycles. The third-order valence-electron chi connectivity index (χ3n) is 1.33. The number of hydrazone groups is 2. The van der Waals surface area contributed by atoms with E-state index in [4.69, 9.17) is 29.2 Å². The van der Waals surface area contributed by atoms with Crippen molar-refractivity contribution in [3.8, 4) is 0 Å². The molecule has 0 aromatic rings. The zero-order chi connectivity index (χ0) is 12.6. The van der Waals surface area contributed by atoms with Crippen LogP contribution < -0.4 is 10.9 Å². The standard InChI is InChI=1S/C8H15N5OS2/c1-6(10-12-8(16)14-4)5-9-11-7(15)13(2)3/h5H,1-4H3,(H,11,15)(H,12,16)/b9-5+,10-6+. The summed E-state index contributed by atoms with van der Waals surface area (Å²) < 4.78 is 4.70. The molecule has 6 nitrogen and oxygen atoms in total. The Bertz CT molecular complexity index is 314. The van der Waals surface area contributed by atoms with E-state index in [0.717, 1.165) is 0 Å². The van der Waals surface area contributed by atoms with Crippen LogP contribution in [-0.2, 0) is 4.74 Å². The van der Waals surface area contributed by atoms with Gasteiger partial charge < -0.3 is 9.64 Å². The fraction of sp³-hybridized carbons (Fsp3) is 0.500. The van der Waals surface area contributed by atoms with Crippen molar-refractivity contribution < 1.29 is 4.74 Å². The van der Waals surface area contributed by atoms with Gasteiger partial charge in [-0.15, -0.1) is 0 Å². The monoisotopic (exact) mass is 261 g/mol. The van der Waals surface area contributed by atoms with E-state index >= 15 is 0 Å². The van der Waals surface area contributed by atoms with E-state index < -0.39 is 0 Å². The van der Waals surface area contributed by atoms with Crippen molar-refractivity contribution in [3.63, 3.8) is 0 Å². The van der Waals surface area contributed by atoms with Gasteiger partial charge in [-0.25, -0.2) is 5.43 Å². The largest absolute Gasteiger partial charge is 0.473 e. The predicted molar refractivity (Wildman–Crippen MR) is 73.8 cm³/mol. The molecule has 2 N–H and O–H groups in total. The fourth-order valence-corrected chi connectivity index (χ4v) is 0.588. The van der Waals surface area contributed by atoms with E-state index in [1.165, 1.54) is 13.3 Å². The Kier molecular flexibility index (Phi) is 7.31. The Morgan fingerprint density at radius 2 is 1.94 bits per heavy atom. The minimum absolute atomic E-state index is 0.199. The van der Waals surface area contributed by atoms with Crippen LogP contribution in [0.5, 0.6) is 0 Å². The minimum Gasteiger partial charge on any atom is -0.473 e. The summed E-state index contributed by atoms with van der Waals surface area (Å²) in [6, 6.07) is 0. The molecule has 0 spiro atoms. The minimum atomic E-state index is 0.199. The van der Waals surface area contributed by atoms with Gasteiger partial charge >= 0.3 is 0 Å². The highest BCUT2D eigenvalue weighted by atomic mass is 32.1. The van der Waals surface area contributed by atoms with E-state index in [9.17, 15) is 0 Å². The lowest BCUT2D eigenvalue weighted by Gasteiger charge is -2.11. The van der Waals surface area contributed by atoms with Crippen molar-refractivity contribution in [2.45, 2.75) is 6.92 Å². The van der Waals surface area contributed by atoms with Gasteiger partial charge in [0.2, 0.25) is 0 Å². The number of hydrogen-bond donors (Lipinski definition) is 2. The van der Waals surface area contributed by atoms with Gasteiger partial charge in [-0.2, -0.15) is 10.2 Å². The van der Waals surface area contributed by atoms with E-state index in [-0.39, 0.29) is 5.17 Å². The van der Waals surface area contributed by atoms with Crippen LogP contribution in [0.2, 0.25) is 0 Å². The molecule has 0 rings (SSSR count). The normalized spacial score (nSPS) is 11.1. The summed E-state index contributed by atoms with van der Waals surface area (Å²) in [4.78, 5) is 1.73. The first-order chi connectivity index (χ1) is 7.47. The Hall–Kier alpha value is -1.28. The van der Waals surface area contributed by atoms with Crippen LogP contribution in [0.15, 0.2) is 10.2 Å². The second-order valence-corrected chi connectivity index (χ2v) is 3.68. The van der Waals surface area contributed by atoms with Crippen LogP contribution in [0.25, 0.3) is 0 Å². The average molecular weight is 261 g/mol. The SMILES string of the molecule is COC(=S)N/N=C(C)/C=N/NC(=S)N(C)C. The molecular weight excluding hydrogens is 246 g/mol. The van der Waals surface area contributed by atoms with Gasteiger partial charge in [-0.05, 0) is 31.4 Å². The molecule has 0 fully saturated rings. The van der Waals surface area contributed by atoms with E-state index in [1.807, 2.05) is 14.1 Å². The maximum absolute atomic E-state index is 4.96. The maximum atomic E-state index is 4.96. The highest BCUT2D eigenvalue weighted by molar-refractivity contribution is 7.80. The Morgan fingerprint density at radius 3 is 2.44 bits per heavy atom. The van der Waals surface area contributed by atoms with E-state index in [2.05, 4.69) is 21.1 Å². The molecule has 0 amide bonds. The lowest BCUT2D eigenvalue weighted by Crippen LogP contribution is -2.31. The zero-order valence-corrected chi connectivity index (χ0v) is 11.3. The third-order valence-corrected chi connectivity index (χ3v) is 2.04. The molecule has 0 unspecified atom stereocenters. The second-order valence-electron chi connectivity index (χ2n) is 2.93. The van der Waals surface area contributed by atoms with Gasteiger partial charge in [0.15, 0.2) is 5.11 Å². The molecule has 90 valence electrons. The highest BCUT2D eigenvalue weighted by Gasteiger charge is 1.94. The topological polar surface area (TPSA) is 61.2 Å². The van der Waals surface area contributed by atoms with Gasteiger partial charge in [0.1, 0.15) is 0 Å². The first kappa shape index (κ1) is 14.7. The van der Waals surface area contributed by atoms with Gasteiger partial charge in [-0.1, -0.05) is 0 Å². The molecule has 0 radical (unpaired) electrons. The lowest BCUT2D eigenvalue weighted by atomic mass is 10.5. The Labute approximate surface area is 106 Å². The van der Waals surface area contributed by atoms with Crippen LogP contribution >= 0.6 is 24.4 Å². The van der Waals surface area contributed by atoms with Gasteiger partial charge in [0, 0.05) is 14.1 Å². The van der Waals surface area contributed by atoms with Crippen molar-refractivity contribution in [1.29, 1.82) is 0 Å². The van der Waals surface area contributed by atoms with E-state index in [0.29, 0.717) is 10.8 Å². The molecule has 0 atom stereocenters. The summed E-state index contributed by atoms with van der Waals surface area (Å²) in [5.41, 5.74) is 5.83. The first-order valence-corrected chi connectivity index (χ1v) is 5.17. The zero-order valence-electron chi connectivity index (χ0n) is 9.64. The van der Waals surface area contributed by atoms with Crippen molar-refractivity contribution in [3.05, 3.63) is 0 Å². The molecule has 0 aromatic carbocycles. The molecule has 0 heterocycles. The summed E-state index contributed by atoms with van der Waals surface area (Å²) in [5, 5.41) is 8.49. The molecule has 0 bridgehead atoms. The van der Waals surface area contributed by atoms with Gasteiger partial charge in [-0.3, -0.25) is 5.43 Å². The van der Waals surface area contributed by atoms with Crippen LogP contribution in [0.1, 0.15) is 6.92 Å². The summed E-state index contributed by atoms with van der Waals surface area (Å²) >= 11 is 9.69. The molecule has 0 saturated carbocycles. The van der Waals surface area contributed by atoms with Crippen LogP contribution in [0.4, 0.5) is 0 Å². The van der Waals surface area contributed by atoms with Crippen molar-refractivity contribution >= 4 is 46.6 Å². The second kappa shape index (κ2) is 7.94. The summed E-state index contributed by atoms with van der Waals surface area (Å²) in [6.45, 7) is 1.76. The number of nitrogens with zero attached hydrogens (tertiary/aromatic N) is 3. The smallest absolute Gasteiger partial charge is 0.277 e. The highest BCUT2D eigenvalue weighted by Crippen LogP contribution is 1.78. The lowest BCUT2D eigenvalue weighted by molar-refractivity contribution is 0.394. The van der Waals surface area contributed by atoms with E-state index in [1.54, 1.807) is 11.8 Å². The van der Waals surface area contributed by atoms with Crippen molar-refractivity contribution in [2.24, 2.45) is 10.2 Å². The summed E-state index contributed by atoms with van der Waals surface area (Å²) in [6.07, 6.45) is 1.51. The maximum Gasteiger partial charge on any atom is 0.277 e. The number of nitrogens with one attached hydrogen (secondary N) is 2. The molecule has 0 saturated heterocycles. The quantitative estimate of drug-likeness (QED) is 0.433. The number of hydrogen-bond acceptors (Lipinski definition) is 5. The number of thiocarbonyl (C=S) groups is 2. The van der Waals surface area contributed by atoms with Crippen molar-refractivity contribution in [1.82, 2.24) is 15.8 Å². The summed E-state index contributed by atoms with van der Waals surface area (Å²) in [5.74, 6) is 0.